The Morgan fingerprint density at radius 1 is 1.38 bits per heavy atom. The molecule has 1 amide bonds. The molecule has 0 aromatic carbocycles. The van der Waals surface area contributed by atoms with Gasteiger partial charge in [0.1, 0.15) is 6.33 Å². The molecular weight excluding hydrogens is 204 g/mol. The Kier molecular flexibility index (Phi) is 4.37. The van der Waals surface area contributed by atoms with Crippen molar-refractivity contribution in [1.29, 1.82) is 0 Å². The summed E-state index contributed by atoms with van der Waals surface area (Å²) < 4.78 is 0. The van der Waals surface area contributed by atoms with Crippen molar-refractivity contribution in [1.82, 2.24) is 20.6 Å². The van der Waals surface area contributed by atoms with Gasteiger partial charge in [0, 0.05) is 38.1 Å². The van der Waals surface area contributed by atoms with Crippen LogP contribution in [0.25, 0.3) is 0 Å². The maximum atomic E-state index is 11.5. The highest BCUT2D eigenvalue weighted by atomic mass is 16.2. The van der Waals surface area contributed by atoms with E-state index < -0.39 is 5.41 Å². The Morgan fingerprint density at radius 3 is 2.56 bits per heavy atom. The SMILES string of the molecule is CNC(=O)C(C)(C)CNCc1cncnc1. The van der Waals surface area contributed by atoms with Crippen LogP contribution in [0.1, 0.15) is 19.4 Å². The van der Waals surface area contributed by atoms with Gasteiger partial charge in [-0.1, -0.05) is 0 Å². The fraction of sp³-hybridized carbons (Fsp3) is 0.545. The predicted molar refractivity (Wildman–Crippen MR) is 61.6 cm³/mol. The van der Waals surface area contributed by atoms with Crippen LogP contribution >= 0.6 is 0 Å². The fourth-order valence-corrected chi connectivity index (χ4v) is 1.36. The molecule has 0 bridgehead atoms. The summed E-state index contributed by atoms with van der Waals surface area (Å²) >= 11 is 0. The lowest BCUT2D eigenvalue weighted by molar-refractivity contribution is -0.128. The molecule has 0 radical (unpaired) electrons. The Balaban J connectivity index is 2.38. The van der Waals surface area contributed by atoms with Crippen LogP contribution in [0.15, 0.2) is 18.7 Å². The van der Waals surface area contributed by atoms with Crippen LogP contribution in [0.3, 0.4) is 0 Å². The molecule has 1 aromatic heterocycles. The van der Waals surface area contributed by atoms with Crippen LogP contribution in [-0.2, 0) is 11.3 Å². The van der Waals surface area contributed by atoms with Crippen LogP contribution in [0, 0.1) is 5.41 Å². The molecule has 0 aliphatic carbocycles. The van der Waals surface area contributed by atoms with Gasteiger partial charge in [0.25, 0.3) is 0 Å². The first kappa shape index (κ1) is 12.6. The number of hydrogen-bond acceptors (Lipinski definition) is 4. The highest BCUT2D eigenvalue weighted by molar-refractivity contribution is 5.81. The van der Waals surface area contributed by atoms with E-state index in [1.165, 1.54) is 6.33 Å². The first-order chi connectivity index (χ1) is 7.56. The number of aromatic nitrogens is 2. The van der Waals surface area contributed by atoms with Crippen LogP contribution in [-0.4, -0.2) is 29.5 Å². The van der Waals surface area contributed by atoms with Gasteiger partial charge in [0.15, 0.2) is 0 Å². The van der Waals surface area contributed by atoms with E-state index in [-0.39, 0.29) is 5.91 Å². The molecule has 2 N–H and O–H groups in total. The van der Waals surface area contributed by atoms with Crippen molar-refractivity contribution < 1.29 is 4.79 Å². The zero-order chi connectivity index (χ0) is 12.0. The van der Waals surface area contributed by atoms with Crippen molar-refractivity contribution in [3.8, 4) is 0 Å². The third-order valence-electron chi connectivity index (χ3n) is 2.35. The standard InChI is InChI=1S/C11H18N4O/c1-11(2,10(16)12-3)7-13-4-9-5-14-8-15-6-9/h5-6,8,13H,4,7H2,1-3H3,(H,12,16). The quantitative estimate of drug-likeness (QED) is 0.754. The molecule has 0 atom stereocenters. The zero-order valence-corrected chi connectivity index (χ0v) is 9.95. The molecule has 1 aromatic rings. The Bertz CT molecular complexity index is 337. The summed E-state index contributed by atoms with van der Waals surface area (Å²) in [5, 5.41) is 5.87. The average Bonchev–Trinajstić information content (AvgIpc) is 2.29. The lowest BCUT2D eigenvalue weighted by Crippen LogP contribution is -2.41. The van der Waals surface area contributed by atoms with Crippen LogP contribution < -0.4 is 10.6 Å². The Morgan fingerprint density at radius 2 is 2.00 bits per heavy atom. The molecule has 1 rings (SSSR count). The minimum absolute atomic E-state index is 0.0318. The van der Waals surface area contributed by atoms with E-state index in [9.17, 15) is 4.79 Å². The van der Waals surface area contributed by atoms with E-state index >= 15 is 0 Å². The van der Waals surface area contributed by atoms with E-state index in [2.05, 4.69) is 20.6 Å². The second-order valence-corrected chi connectivity index (χ2v) is 4.31. The van der Waals surface area contributed by atoms with Gasteiger partial charge >= 0.3 is 0 Å². The van der Waals surface area contributed by atoms with Gasteiger partial charge in [-0.05, 0) is 13.8 Å². The molecule has 16 heavy (non-hydrogen) atoms. The van der Waals surface area contributed by atoms with Gasteiger partial charge in [-0.2, -0.15) is 0 Å². The number of amides is 1. The van der Waals surface area contributed by atoms with E-state index in [4.69, 9.17) is 0 Å². The van der Waals surface area contributed by atoms with Gasteiger partial charge < -0.3 is 10.6 Å². The summed E-state index contributed by atoms with van der Waals surface area (Å²) in [6.07, 6.45) is 5.01. The maximum absolute atomic E-state index is 11.5. The van der Waals surface area contributed by atoms with Crippen LogP contribution in [0.5, 0.6) is 0 Å². The molecule has 0 saturated heterocycles. The molecule has 88 valence electrons. The monoisotopic (exact) mass is 222 g/mol. The molecule has 5 heteroatoms. The van der Waals surface area contributed by atoms with E-state index in [0.29, 0.717) is 13.1 Å². The molecule has 0 aliphatic heterocycles. The van der Waals surface area contributed by atoms with Crippen LogP contribution in [0.2, 0.25) is 0 Å². The third-order valence-corrected chi connectivity index (χ3v) is 2.35. The molecule has 0 aliphatic rings. The number of nitrogens with one attached hydrogen (secondary N) is 2. The Hall–Kier alpha value is -1.49. The molecule has 0 fully saturated rings. The molecule has 1 heterocycles. The first-order valence-corrected chi connectivity index (χ1v) is 5.23. The molecule has 0 spiro atoms. The molecule has 0 unspecified atom stereocenters. The highest BCUT2D eigenvalue weighted by Crippen LogP contribution is 2.13. The summed E-state index contributed by atoms with van der Waals surface area (Å²) in [5.41, 5.74) is 0.597. The Labute approximate surface area is 95.7 Å². The third kappa shape index (κ3) is 3.58. The van der Waals surface area contributed by atoms with Crippen molar-refractivity contribution in [2.45, 2.75) is 20.4 Å². The molecule has 5 nitrogen and oxygen atoms in total. The van der Waals surface area contributed by atoms with Crippen molar-refractivity contribution in [2.24, 2.45) is 5.41 Å². The van der Waals surface area contributed by atoms with Crippen molar-refractivity contribution >= 4 is 5.91 Å². The van der Waals surface area contributed by atoms with Crippen molar-refractivity contribution in [3.05, 3.63) is 24.3 Å². The number of carbonyl (C=O) groups is 1. The minimum atomic E-state index is -0.412. The van der Waals surface area contributed by atoms with E-state index in [1.54, 1.807) is 19.4 Å². The number of carbonyl (C=O) groups excluding carboxylic acids is 1. The second kappa shape index (κ2) is 5.55. The van der Waals surface area contributed by atoms with Gasteiger partial charge in [-0.25, -0.2) is 9.97 Å². The van der Waals surface area contributed by atoms with Gasteiger partial charge in [-0.3, -0.25) is 4.79 Å². The number of nitrogens with zero attached hydrogens (tertiary/aromatic N) is 2. The van der Waals surface area contributed by atoms with Crippen LogP contribution in [0.4, 0.5) is 0 Å². The van der Waals surface area contributed by atoms with Gasteiger partial charge in [0.2, 0.25) is 5.91 Å². The first-order valence-electron chi connectivity index (χ1n) is 5.23. The largest absolute Gasteiger partial charge is 0.359 e. The molecular formula is C11H18N4O. The lowest BCUT2D eigenvalue weighted by Gasteiger charge is -2.22. The average molecular weight is 222 g/mol. The van der Waals surface area contributed by atoms with E-state index in [0.717, 1.165) is 5.56 Å². The van der Waals surface area contributed by atoms with Gasteiger partial charge in [-0.15, -0.1) is 0 Å². The summed E-state index contributed by atoms with van der Waals surface area (Å²) in [7, 11) is 1.65. The second-order valence-electron chi connectivity index (χ2n) is 4.31. The molecule has 0 saturated carbocycles. The number of hydrogen-bond donors (Lipinski definition) is 2. The normalized spacial score (nSPS) is 11.2. The van der Waals surface area contributed by atoms with Crippen molar-refractivity contribution in [2.75, 3.05) is 13.6 Å². The van der Waals surface area contributed by atoms with Gasteiger partial charge in [0.05, 0.1) is 5.41 Å². The summed E-state index contributed by atoms with van der Waals surface area (Å²) in [6.45, 7) is 5.09. The predicted octanol–water partition coefficient (Wildman–Crippen LogP) is 0.338. The van der Waals surface area contributed by atoms with E-state index in [1.807, 2.05) is 13.8 Å². The summed E-state index contributed by atoms with van der Waals surface area (Å²) in [4.78, 5) is 19.3. The number of rotatable bonds is 5. The topological polar surface area (TPSA) is 66.9 Å². The zero-order valence-electron chi connectivity index (χ0n) is 9.95. The van der Waals surface area contributed by atoms with Crippen molar-refractivity contribution in [3.63, 3.8) is 0 Å². The maximum Gasteiger partial charge on any atom is 0.226 e. The minimum Gasteiger partial charge on any atom is -0.359 e. The smallest absolute Gasteiger partial charge is 0.226 e. The fourth-order valence-electron chi connectivity index (χ4n) is 1.36. The summed E-state index contributed by atoms with van der Waals surface area (Å²) in [5.74, 6) is 0.0318. The highest BCUT2D eigenvalue weighted by Gasteiger charge is 2.25. The summed E-state index contributed by atoms with van der Waals surface area (Å²) in [6, 6.07) is 0. The lowest BCUT2D eigenvalue weighted by atomic mass is 9.92.